The number of alkyl halides is 3. The number of carbonyl (C=O) groups excluding carboxylic acids is 2. The number of nitrogens with one attached hydrogen (secondary N) is 1. The summed E-state index contributed by atoms with van der Waals surface area (Å²) in [5, 5.41) is 2.30. The molecule has 1 aromatic carbocycles. The van der Waals surface area contributed by atoms with Gasteiger partial charge in [-0.05, 0) is 25.5 Å². The summed E-state index contributed by atoms with van der Waals surface area (Å²) in [4.78, 5) is 27.0. The second-order valence-electron chi connectivity index (χ2n) is 5.23. The van der Waals surface area contributed by atoms with Crippen LogP contribution in [0.4, 0.5) is 19.0 Å². The highest BCUT2D eigenvalue weighted by molar-refractivity contribution is 6.06. The van der Waals surface area contributed by atoms with Gasteiger partial charge in [0.05, 0.1) is 5.56 Å². The Kier molecular flexibility index (Phi) is 5.15. The average Bonchev–Trinajstić information content (AvgIpc) is 2.92. The average molecular weight is 355 g/mol. The Labute approximate surface area is 141 Å². The molecule has 0 aliphatic heterocycles. The second-order valence-corrected chi connectivity index (χ2v) is 5.23. The number of anilines is 1. The van der Waals surface area contributed by atoms with E-state index in [-0.39, 0.29) is 23.7 Å². The van der Waals surface area contributed by atoms with Crippen molar-refractivity contribution in [1.29, 1.82) is 0 Å². The minimum atomic E-state index is -4.63. The SMILES string of the molecule is CCn1cc(NC(=O)c2cccc(C)c2OC(C)=O)nc1C(F)(F)F. The number of amides is 1. The van der Waals surface area contributed by atoms with Crippen LogP contribution >= 0.6 is 0 Å². The van der Waals surface area contributed by atoms with Crippen LogP contribution in [0.3, 0.4) is 0 Å². The van der Waals surface area contributed by atoms with Gasteiger partial charge in [0.1, 0.15) is 5.75 Å². The van der Waals surface area contributed by atoms with Crippen molar-refractivity contribution in [3.8, 4) is 5.75 Å². The number of hydrogen-bond donors (Lipinski definition) is 1. The summed E-state index contributed by atoms with van der Waals surface area (Å²) in [6, 6.07) is 4.62. The van der Waals surface area contributed by atoms with Crippen molar-refractivity contribution in [2.24, 2.45) is 0 Å². The van der Waals surface area contributed by atoms with Gasteiger partial charge in [0.25, 0.3) is 5.91 Å². The third-order valence-electron chi connectivity index (χ3n) is 3.31. The molecule has 1 amide bonds. The Balaban J connectivity index is 2.34. The van der Waals surface area contributed by atoms with Crippen LogP contribution in [0.5, 0.6) is 5.75 Å². The lowest BCUT2D eigenvalue weighted by atomic mass is 10.1. The minimum Gasteiger partial charge on any atom is -0.426 e. The first-order valence-electron chi connectivity index (χ1n) is 7.37. The van der Waals surface area contributed by atoms with Gasteiger partial charge in [-0.15, -0.1) is 0 Å². The predicted molar refractivity (Wildman–Crippen MR) is 83.3 cm³/mol. The Bertz CT molecular complexity index is 813. The first kappa shape index (κ1) is 18.5. The summed E-state index contributed by atoms with van der Waals surface area (Å²) in [6.45, 7) is 4.40. The van der Waals surface area contributed by atoms with E-state index in [1.54, 1.807) is 19.1 Å². The lowest BCUT2D eigenvalue weighted by Crippen LogP contribution is -2.16. The molecule has 2 rings (SSSR count). The largest absolute Gasteiger partial charge is 0.449 e. The van der Waals surface area contributed by atoms with Gasteiger partial charge in [-0.1, -0.05) is 12.1 Å². The molecule has 0 aliphatic carbocycles. The summed E-state index contributed by atoms with van der Waals surface area (Å²) in [6.07, 6.45) is -3.53. The first-order chi connectivity index (χ1) is 11.6. The van der Waals surface area contributed by atoms with E-state index in [1.165, 1.54) is 19.9 Å². The maximum Gasteiger partial charge on any atom is 0.449 e. The summed E-state index contributed by atoms with van der Waals surface area (Å²) in [5.41, 5.74) is 0.563. The van der Waals surface area contributed by atoms with E-state index < -0.39 is 23.9 Å². The molecule has 0 saturated carbocycles. The summed E-state index contributed by atoms with van der Waals surface area (Å²) in [7, 11) is 0. The smallest absolute Gasteiger partial charge is 0.426 e. The van der Waals surface area contributed by atoms with Crippen molar-refractivity contribution in [3.05, 3.63) is 41.3 Å². The molecule has 0 spiro atoms. The van der Waals surface area contributed by atoms with Crippen LogP contribution in [-0.4, -0.2) is 21.4 Å². The van der Waals surface area contributed by atoms with Gasteiger partial charge in [-0.2, -0.15) is 13.2 Å². The van der Waals surface area contributed by atoms with Crippen LogP contribution in [0.15, 0.2) is 24.4 Å². The number of ether oxygens (including phenoxy) is 1. The van der Waals surface area contributed by atoms with Crippen LogP contribution in [0.25, 0.3) is 0 Å². The van der Waals surface area contributed by atoms with E-state index in [2.05, 4.69) is 10.3 Å². The highest BCUT2D eigenvalue weighted by Crippen LogP contribution is 2.30. The summed E-state index contributed by atoms with van der Waals surface area (Å²) in [5.74, 6) is -2.63. The van der Waals surface area contributed by atoms with Crippen LogP contribution in [0.2, 0.25) is 0 Å². The van der Waals surface area contributed by atoms with Gasteiger partial charge in [-0.25, -0.2) is 4.98 Å². The van der Waals surface area contributed by atoms with E-state index in [0.29, 0.717) is 5.56 Å². The van der Waals surface area contributed by atoms with E-state index in [1.807, 2.05) is 0 Å². The van der Waals surface area contributed by atoms with Crippen molar-refractivity contribution < 1.29 is 27.5 Å². The summed E-state index contributed by atoms with van der Waals surface area (Å²) >= 11 is 0. The Morgan fingerprint density at radius 3 is 2.52 bits per heavy atom. The molecule has 2 aromatic rings. The van der Waals surface area contributed by atoms with Gasteiger partial charge < -0.3 is 14.6 Å². The highest BCUT2D eigenvalue weighted by atomic mass is 19.4. The van der Waals surface area contributed by atoms with Gasteiger partial charge in [0.15, 0.2) is 5.82 Å². The third kappa shape index (κ3) is 4.17. The molecular formula is C16H16F3N3O3. The maximum absolute atomic E-state index is 12.9. The van der Waals surface area contributed by atoms with Crippen molar-refractivity contribution >= 4 is 17.7 Å². The summed E-state index contributed by atoms with van der Waals surface area (Å²) < 4.78 is 44.7. The molecule has 0 aliphatic rings. The lowest BCUT2D eigenvalue weighted by molar-refractivity contribution is -0.147. The zero-order valence-corrected chi connectivity index (χ0v) is 13.8. The minimum absolute atomic E-state index is 0.0230. The second kappa shape index (κ2) is 6.96. The van der Waals surface area contributed by atoms with Crippen molar-refractivity contribution in [3.63, 3.8) is 0 Å². The monoisotopic (exact) mass is 355 g/mol. The molecule has 9 heteroatoms. The number of aromatic nitrogens is 2. The molecule has 25 heavy (non-hydrogen) atoms. The molecule has 0 unspecified atom stereocenters. The fourth-order valence-electron chi connectivity index (χ4n) is 2.24. The molecule has 0 bridgehead atoms. The van der Waals surface area contributed by atoms with Crippen molar-refractivity contribution in [1.82, 2.24) is 9.55 Å². The van der Waals surface area contributed by atoms with Gasteiger partial charge in [-0.3, -0.25) is 9.59 Å². The molecule has 134 valence electrons. The maximum atomic E-state index is 12.9. The molecule has 0 fully saturated rings. The standard InChI is InChI=1S/C16H16F3N3O3/c1-4-22-8-12(21-15(22)16(17,18)19)20-14(24)11-7-5-6-9(2)13(11)25-10(3)23/h5-8H,4H2,1-3H3,(H,20,24). The van der Waals surface area contributed by atoms with Crippen LogP contribution in [-0.2, 0) is 17.5 Å². The van der Waals surface area contributed by atoms with Crippen molar-refractivity contribution in [2.45, 2.75) is 33.5 Å². The number of imidazole rings is 1. The molecule has 0 radical (unpaired) electrons. The van der Waals surface area contributed by atoms with Crippen LogP contribution < -0.4 is 10.1 Å². The van der Waals surface area contributed by atoms with E-state index in [4.69, 9.17) is 4.74 Å². The quantitative estimate of drug-likeness (QED) is 0.674. The third-order valence-corrected chi connectivity index (χ3v) is 3.31. The molecule has 1 heterocycles. The van der Waals surface area contributed by atoms with E-state index in [0.717, 1.165) is 10.8 Å². The van der Waals surface area contributed by atoms with Crippen LogP contribution in [0.1, 0.15) is 35.6 Å². The number of esters is 1. The molecule has 1 aromatic heterocycles. The number of carbonyl (C=O) groups is 2. The number of halogens is 3. The van der Waals surface area contributed by atoms with E-state index in [9.17, 15) is 22.8 Å². The fraction of sp³-hybridized carbons (Fsp3) is 0.312. The number of hydrogen-bond acceptors (Lipinski definition) is 4. The molecule has 6 nitrogen and oxygen atoms in total. The Hall–Kier alpha value is -2.84. The number of aryl methyl sites for hydroxylation is 2. The molecule has 0 saturated heterocycles. The number of nitrogens with zero attached hydrogens (tertiary/aromatic N) is 2. The predicted octanol–water partition coefficient (Wildman–Crippen LogP) is 3.41. The van der Waals surface area contributed by atoms with Gasteiger partial charge in [0, 0.05) is 19.7 Å². The van der Waals surface area contributed by atoms with Crippen molar-refractivity contribution in [2.75, 3.05) is 5.32 Å². The van der Waals surface area contributed by atoms with Gasteiger partial charge in [0.2, 0.25) is 5.82 Å². The van der Waals surface area contributed by atoms with Gasteiger partial charge >= 0.3 is 12.1 Å². The first-order valence-corrected chi connectivity index (χ1v) is 7.37. The molecular weight excluding hydrogens is 339 g/mol. The Morgan fingerprint density at radius 2 is 2.00 bits per heavy atom. The number of benzene rings is 1. The fourth-order valence-corrected chi connectivity index (χ4v) is 2.24. The zero-order chi connectivity index (χ0) is 18.8. The topological polar surface area (TPSA) is 73.2 Å². The lowest BCUT2D eigenvalue weighted by Gasteiger charge is -2.11. The molecule has 1 N–H and O–H groups in total. The number of para-hydroxylation sites is 1. The molecule has 0 atom stereocenters. The van der Waals surface area contributed by atoms with E-state index >= 15 is 0 Å². The number of rotatable bonds is 4. The highest BCUT2D eigenvalue weighted by Gasteiger charge is 2.37. The normalized spacial score (nSPS) is 11.3. The Morgan fingerprint density at radius 1 is 1.32 bits per heavy atom. The zero-order valence-electron chi connectivity index (χ0n) is 13.8. The van der Waals surface area contributed by atoms with Crippen LogP contribution in [0, 0.1) is 6.92 Å².